The zero-order valence-electron chi connectivity index (χ0n) is 11.3. The van der Waals surface area contributed by atoms with Gasteiger partial charge in [-0.1, -0.05) is 11.6 Å². The van der Waals surface area contributed by atoms with Gasteiger partial charge >= 0.3 is 0 Å². The van der Waals surface area contributed by atoms with Gasteiger partial charge in [0.25, 0.3) is 0 Å². The molecule has 2 aromatic rings. The van der Waals surface area contributed by atoms with Gasteiger partial charge in [0.2, 0.25) is 0 Å². The Morgan fingerprint density at radius 3 is 2.74 bits per heavy atom. The van der Waals surface area contributed by atoms with E-state index in [9.17, 15) is 0 Å². The average Bonchev–Trinajstić information content (AvgIpc) is 2.65. The Morgan fingerprint density at radius 2 is 1.95 bits per heavy atom. The molecule has 2 aromatic heterocycles. The van der Waals surface area contributed by atoms with Gasteiger partial charge in [-0.05, 0) is 45.6 Å². The molecule has 0 spiro atoms. The second-order valence-electron chi connectivity index (χ2n) is 5.09. The van der Waals surface area contributed by atoms with Gasteiger partial charge in [0, 0.05) is 11.4 Å². The fraction of sp³-hybridized carbons (Fsp3) is 0.500. The second kappa shape index (κ2) is 4.93. The summed E-state index contributed by atoms with van der Waals surface area (Å²) in [4.78, 5) is 13.4. The topological polar surface area (TPSA) is 43.6 Å². The number of hydrogen-bond acceptors (Lipinski definition) is 3. The Balaban J connectivity index is 1.96. The summed E-state index contributed by atoms with van der Waals surface area (Å²) in [6.07, 6.45) is 4.69. The molecule has 2 heterocycles. The summed E-state index contributed by atoms with van der Waals surface area (Å²) in [7, 11) is 0. The SMILES string of the molecule is Cc1cc(Cl)nc(Cn2c(C)nc3c2CCCC3)n1. The predicted octanol–water partition coefficient (Wildman–Crippen LogP) is 2.87. The van der Waals surface area contributed by atoms with E-state index in [-0.39, 0.29) is 0 Å². The molecule has 0 radical (unpaired) electrons. The average molecular weight is 277 g/mol. The van der Waals surface area contributed by atoms with Gasteiger partial charge in [0.1, 0.15) is 16.8 Å². The molecule has 4 nitrogen and oxygen atoms in total. The highest BCUT2D eigenvalue weighted by Gasteiger charge is 2.18. The molecule has 0 saturated carbocycles. The van der Waals surface area contributed by atoms with E-state index in [4.69, 9.17) is 11.6 Å². The minimum atomic E-state index is 0.508. The van der Waals surface area contributed by atoms with Crippen LogP contribution in [0.1, 0.15) is 41.6 Å². The van der Waals surface area contributed by atoms with E-state index in [0.29, 0.717) is 11.7 Å². The molecule has 0 saturated heterocycles. The molecule has 0 amide bonds. The first-order chi connectivity index (χ1) is 9.13. The summed E-state index contributed by atoms with van der Waals surface area (Å²) in [5.41, 5.74) is 3.51. The van der Waals surface area contributed by atoms with Crippen LogP contribution in [-0.4, -0.2) is 19.5 Å². The second-order valence-corrected chi connectivity index (χ2v) is 5.48. The van der Waals surface area contributed by atoms with Gasteiger partial charge in [-0.25, -0.2) is 15.0 Å². The van der Waals surface area contributed by atoms with Crippen LogP contribution in [0.5, 0.6) is 0 Å². The van der Waals surface area contributed by atoms with Gasteiger partial charge in [-0.3, -0.25) is 0 Å². The van der Waals surface area contributed by atoms with Crippen LogP contribution in [0.3, 0.4) is 0 Å². The Hall–Kier alpha value is -1.42. The fourth-order valence-electron chi connectivity index (χ4n) is 2.75. The maximum atomic E-state index is 6.00. The quantitative estimate of drug-likeness (QED) is 0.792. The molecule has 0 fully saturated rings. The highest BCUT2D eigenvalue weighted by atomic mass is 35.5. The molecular weight excluding hydrogens is 260 g/mol. The number of aromatic nitrogens is 4. The van der Waals surface area contributed by atoms with E-state index in [0.717, 1.165) is 30.2 Å². The minimum Gasteiger partial charge on any atom is -0.324 e. The van der Waals surface area contributed by atoms with Crippen molar-refractivity contribution in [1.29, 1.82) is 0 Å². The summed E-state index contributed by atoms with van der Waals surface area (Å²) in [6.45, 7) is 4.65. The summed E-state index contributed by atoms with van der Waals surface area (Å²) < 4.78 is 2.24. The van der Waals surface area contributed by atoms with Crippen molar-refractivity contribution in [3.8, 4) is 0 Å². The van der Waals surface area contributed by atoms with Crippen LogP contribution in [-0.2, 0) is 19.4 Å². The number of nitrogens with zero attached hydrogens (tertiary/aromatic N) is 4. The predicted molar refractivity (Wildman–Crippen MR) is 74.5 cm³/mol. The zero-order chi connectivity index (χ0) is 13.4. The highest BCUT2D eigenvalue weighted by molar-refractivity contribution is 6.29. The van der Waals surface area contributed by atoms with Gasteiger partial charge in [-0.15, -0.1) is 0 Å². The smallest absolute Gasteiger partial charge is 0.150 e. The van der Waals surface area contributed by atoms with Gasteiger partial charge in [-0.2, -0.15) is 0 Å². The molecule has 0 bridgehead atoms. The third-order valence-electron chi connectivity index (χ3n) is 3.59. The van der Waals surface area contributed by atoms with Gasteiger partial charge < -0.3 is 4.57 Å². The number of aryl methyl sites for hydroxylation is 3. The van der Waals surface area contributed by atoms with Crippen LogP contribution >= 0.6 is 11.6 Å². The first-order valence-corrected chi connectivity index (χ1v) is 7.06. The zero-order valence-corrected chi connectivity index (χ0v) is 12.0. The van der Waals surface area contributed by atoms with Gasteiger partial charge in [0.05, 0.1) is 12.2 Å². The third kappa shape index (κ3) is 2.50. The van der Waals surface area contributed by atoms with E-state index >= 15 is 0 Å². The van der Waals surface area contributed by atoms with Crippen molar-refractivity contribution in [3.05, 3.63) is 40.0 Å². The largest absolute Gasteiger partial charge is 0.324 e. The Morgan fingerprint density at radius 1 is 1.16 bits per heavy atom. The standard InChI is InChI=1S/C14H17ClN4/c1-9-7-13(15)18-14(16-9)8-19-10(2)17-11-5-3-4-6-12(11)19/h7H,3-6,8H2,1-2H3. The van der Waals surface area contributed by atoms with Crippen molar-refractivity contribution in [2.45, 2.75) is 46.1 Å². The number of hydrogen-bond donors (Lipinski definition) is 0. The minimum absolute atomic E-state index is 0.508. The monoisotopic (exact) mass is 276 g/mol. The molecule has 0 unspecified atom stereocenters. The third-order valence-corrected chi connectivity index (χ3v) is 3.79. The van der Waals surface area contributed by atoms with E-state index in [1.54, 1.807) is 6.07 Å². The molecule has 1 aliphatic carbocycles. The van der Waals surface area contributed by atoms with E-state index in [2.05, 4.69) is 26.4 Å². The van der Waals surface area contributed by atoms with E-state index in [1.165, 1.54) is 24.2 Å². The van der Waals surface area contributed by atoms with Gasteiger partial charge in [0.15, 0.2) is 0 Å². The lowest BCUT2D eigenvalue weighted by Crippen LogP contribution is -2.12. The highest BCUT2D eigenvalue weighted by Crippen LogP contribution is 2.22. The Labute approximate surface area is 117 Å². The first-order valence-electron chi connectivity index (χ1n) is 6.68. The summed E-state index contributed by atoms with van der Waals surface area (Å²) in [5.74, 6) is 1.81. The van der Waals surface area contributed by atoms with Crippen molar-refractivity contribution >= 4 is 11.6 Å². The Kier molecular flexibility index (Phi) is 3.27. The summed E-state index contributed by atoms with van der Waals surface area (Å²) in [6, 6.07) is 1.78. The number of rotatable bonds is 2. The molecule has 0 aromatic carbocycles. The molecule has 0 atom stereocenters. The maximum Gasteiger partial charge on any atom is 0.150 e. The molecule has 19 heavy (non-hydrogen) atoms. The molecule has 0 aliphatic heterocycles. The van der Waals surface area contributed by atoms with Crippen LogP contribution in [0.4, 0.5) is 0 Å². The van der Waals surface area contributed by atoms with Crippen molar-refractivity contribution in [1.82, 2.24) is 19.5 Å². The molecule has 5 heteroatoms. The number of imidazole rings is 1. The molecule has 1 aliphatic rings. The van der Waals surface area contributed by atoms with Crippen molar-refractivity contribution in [2.24, 2.45) is 0 Å². The molecule has 0 N–H and O–H groups in total. The number of fused-ring (bicyclic) bond motifs is 1. The molecule has 100 valence electrons. The lowest BCUT2D eigenvalue weighted by molar-refractivity contribution is 0.614. The lowest BCUT2D eigenvalue weighted by atomic mass is 10.0. The normalized spacial score (nSPS) is 14.5. The van der Waals surface area contributed by atoms with Crippen LogP contribution in [0, 0.1) is 13.8 Å². The lowest BCUT2D eigenvalue weighted by Gasteiger charge is -2.14. The molecular formula is C14H17ClN4. The van der Waals surface area contributed by atoms with Crippen molar-refractivity contribution in [3.63, 3.8) is 0 Å². The van der Waals surface area contributed by atoms with Crippen LogP contribution in [0.25, 0.3) is 0 Å². The Bertz CT molecular complexity index is 598. The maximum absolute atomic E-state index is 6.00. The van der Waals surface area contributed by atoms with Crippen LogP contribution in [0.15, 0.2) is 6.07 Å². The van der Waals surface area contributed by atoms with Crippen LogP contribution < -0.4 is 0 Å². The summed E-state index contributed by atoms with van der Waals surface area (Å²) in [5, 5.41) is 0.508. The van der Waals surface area contributed by atoms with Crippen molar-refractivity contribution < 1.29 is 0 Å². The number of halogens is 1. The van der Waals surface area contributed by atoms with Crippen molar-refractivity contribution in [2.75, 3.05) is 0 Å². The van der Waals surface area contributed by atoms with E-state index < -0.39 is 0 Å². The molecule has 3 rings (SSSR count). The summed E-state index contributed by atoms with van der Waals surface area (Å²) >= 11 is 6.00. The first kappa shape index (κ1) is 12.6. The fourth-order valence-corrected chi connectivity index (χ4v) is 3.00. The van der Waals surface area contributed by atoms with E-state index in [1.807, 2.05) is 6.92 Å². The van der Waals surface area contributed by atoms with Crippen LogP contribution in [0.2, 0.25) is 5.15 Å².